The van der Waals surface area contributed by atoms with Gasteiger partial charge in [0.2, 0.25) is 0 Å². The quantitative estimate of drug-likeness (QED) is 0.326. The Morgan fingerprint density at radius 1 is 1.00 bits per heavy atom. The Bertz CT molecular complexity index is 856. The Hall–Kier alpha value is -1.16. The van der Waals surface area contributed by atoms with Gasteiger partial charge in [-0.1, -0.05) is 57.6 Å². The molecule has 3 aliphatic rings. The Morgan fingerprint density at radius 2 is 1.67 bits per heavy atom. The van der Waals surface area contributed by atoms with E-state index in [1.807, 2.05) is 32.9 Å². The number of hydrogen-bond acceptors (Lipinski definition) is 3. The predicted octanol–water partition coefficient (Wildman–Crippen LogP) is 6.51. The molecule has 3 nitrogen and oxygen atoms in total. The first-order valence-corrected chi connectivity index (χ1v) is 13.0. The number of aliphatic hydroxyl groups excluding tert-OH is 3. The first-order chi connectivity index (χ1) is 15.2. The molecule has 0 aromatic rings. The van der Waals surface area contributed by atoms with Crippen LogP contribution < -0.4 is 0 Å². The summed E-state index contributed by atoms with van der Waals surface area (Å²) in [7, 11) is 0. The number of hydrogen-bond donors (Lipinski definition) is 3. The van der Waals surface area contributed by atoms with Crippen molar-refractivity contribution >= 4 is 0 Å². The van der Waals surface area contributed by atoms with Crippen LogP contribution in [0.3, 0.4) is 0 Å². The molecule has 7 atom stereocenters. The van der Waals surface area contributed by atoms with E-state index in [4.69, 9.17) is 0 Å². The minimum Gasteiger partial charge on any atom is -0.393 e. The molecule has 3 aliphatic carbocycles. The van der Waals surface area contributed by atoms with Crippen molar-refractivity contribution in [3.63, 3.8) is 0 Å². The zero-order chi connectivity index (χ0) is 24.8. The highest BCUT2D eigenvalue weighted by Crippen LogP contribution is 2.69. The third kappa shape index (κ3) is 4.70. The van der Waals surface area contributed by atoms with E-state index in [1.165, 1.54) is 11.1 Å². The third-order valence-electron chi connectivity index (χ3n) is 9.84. The second-order valence-electron chi connectivity index (χ2n) is 12.6. The first kappa shape index (κ1) is 26.4. The van der Waals surface area contributed by atoms with Crippen LogP contribution in [0.2, 0.25) is 0 Å². The van der Waals surface area contributed by atoms with E-state index in [1.54, 1.807) is 0 Å². The second kappa shape index (κ2) is 9.47. The Balaban J connectivity index is 1.86. The van der Waals surface area contributed by atoms with Gasteiger partial charge < -0.3 is 15.3 Å². The maximum atomic E-state index is 11.3. The molecule has 0 saturated heterocycles. The normalized spacial score (nSPS) is 40.9. The third-order valence-corrected chi connectivity index (χ3v) is 9.84. The fourth-order valence-electron chi connectivity index (χ4n) is 7.91. The van der Waals surface area contributed by atoms with E-state index in [0.29, 0.717) is 18.3 Å². The largest absolute Gasteiger partial charge is 0.393 e. The lowest BCUT2D eigenvalue weighted by molar-refractivity contribution is -0.158. The molecule has 0 unspecified atom stereocenters. The first-order valence-electron chi connectivity index (χ1n) is 13.0. The summed E-state index contributed by atoms with van der Waals surface area (Å²) < 4.78 is 0. The van der Waals surface area contributed by atoms with Crippen molar-refractivity contribution in [2.24, 2.45) is 28.1 Å². The summed E-state index contributed by atoms with van der Waals surface area (Å²) in [6.45, 7) is 17.5. The molecule has 3 N–H and O–H groups in total. The maximum absolute atomic E-state index is 11.3. The van der Waals surface area contributed by atoms with Gasteiger partial charge in [-0.25, -0.2) is 0 Å². The lowest BCUT2D eigenvalue weighted by atomic mass is 9.43. The van der Waals surface area contributed by atoms with Gasteiger partial charge >= 0.3 is 0 Å². The number of rotatable bonds is 5. The van der Waals surface area contributed by atoms with E-state index in [0.717, 1.165) is 43.3 Å². The molecule has 0 aromatic heterocycles. The van der Waals surface area contributed by atoms with Crippen LogP contribution in [-0.2, 0) is 0 Å². The standard InChI is InChI=1S/C30H48O3/c1-19(2)12-13-22(31)20(3)10-9-11-21(4)27-23(32)18-25-29(7)17-15-26(33)28(5,6)24(29)14-16-30(25,27)8/h9-12,22-26,31-33H,13-18H2,1-8H3/b11-9+,20-10+,27-21+/t22-,23-,24-,25-,26-,29-,30-/m0/s1. The van der Waals surface area contributed by atoms with Crippen LogP contribution in [0.15, 0.2) is 46.6 Å². The molecule has 0 bridgehead atoms. The lowest BCUT2D eigenvalue weighted by Gasteiger charge is -2.62. The Labute approximate surface area is 202 Å². The summed E-state index contributed by atoms with van der Waals surface area (Å²) in [6, 6.07) is 0. The molecule has 3 saturated carbocycles. The zero-order valence-corrected chi connectivity index (χ0v) is 22.3. The molecule has 186 valence electrons. The number of fused-ring (bicyclic) bond motifs is 3. The summed E-state index contributed by atoms with van der Waals surface area (Å²) in [5, 5.41) is 32.4. The van der Waals surface area contributed by atoms with E-state index in [9.17, 15) is 15.3 Å². The predicted molar refractivity (Wildman–Crippen MR) is 138 cm³/mol. The van der Waals surface area contributed by atoms with Crippen molar-refractivity contribution in [2.45, 2.75) is 112 Å². The summed E-state index contributed by atoms with van der Waals surface area (Å²) >= 11 is 0. The molecule has 0 radical (unpaired) electrons. The fraction of sp³-hybridized carbons (Fsp3) is 0.733. The van der Waals surface area contributed by atoms with Crippen molar-refractivity contribution in [3.05, 3.63) is 46.6 Å². The van der Waals surface area contributed by atoms with Gasteiger partial charge in [0.15, 0.2) is 0 Å². The van der Waals surface area contributed by atoms with Crippen LogP contribution in [-0.4, -0.2) is 33.6 Å². The lowest BCUT2D eigenvalue weighted by Crippen LogP contribution is -2.57. The number of allylic oxidation sites excluding steroid dienone is 5. The molecule has 3 fully saturated rings. The van der Waals surface area contributed by atoms with Crippen LogP contribution in [0.25, 0.3) is 0 Å². The van der Waals surface area contributed by atoms with Crippen molar-refractivity contribution in [1.29, 1.82) is 0 Å². The molecule has 0 aromatic carbocycles. The molecule has 33 heavy (non-hydrogen) atoms. The molecule has 0 amide bonds. The summed E-state index contributed by atoms with van der Waals surface area (Å²) in [6.07, 6.45) is 12.7. The smallest absolute Gasteiger partial charge is 0.0784 e. The topological polar surface area (TPSA) is 60.7 Å². The zero-order valence-electron chi connectivity index (χ0n) is 22.3. The summed E-state index contributed by atoms with van der Waals surface area (Å²) in [4.78, 5) is 0. The molecule has 0 aliphatic heterocycles. The van der Waals surface area contributed by atoms with Crippen LogP contribution >= 0.6 is 0 Å². The molecule has 0 heterocycles. The molecule has 3 rings (SSSR count). The van der Waals surface area contributed by atoms with Crippen LogP contribution in [0, 0.1) is 28.1 Å². The van der Waals surface area contributed by atoms with Crippen molar-refractivity contribution in [1.82, 2.24) is 0 Å². The van der Waals surface area contributed by atoms with Gasteiger partial charge in [0.1, 0.15) is 0 Å². The number of aliphatic hydroxyl groups is 3. The maximum Gasteiger partial charge on any atom is 0.0784 e. The van der Waals surface area contributed by atoms with E-state index in [-0.39, 0.29) is 22.3 Å². The molecular weight excluding hydrogens is 408 g/mol. The van der Waals surface area contributed by atoms with Gasteiger partial charge in [-0.3, -0.25) is 0 Å². The Kier molecular flexibility index (Phi) is 7.59. The summed E-state index contributed by atoms with van der Waals surface area (Å²) in [5.41, 5.74) is 4.61. The Morgan fingerprint density at radius 3 is 2.30 bits per heavy atom. The van der Waals surface area contributed by atoms with Gasteiger partial charge in [0.25, 0.3) is 0 Å². The van der Waals surface area contributed by atoms with Crippen molar-refractivity contribution < 1.29 is 15.3 Å². The molecular formula is C30H48O3. The highest BCUT2D eigenvalue weighted by Gasteiger charge is 2.64. The average molecular weight is 457 g/mol. The van der Waals surface area contributed by atoms with Gasteiger partial charge in [0, 0.05) is 0 Å². The van der Waals surface area contributed by atoms with Crippen molar-refractivity contribution in [2.75, 3.05) is 0 Å². The van der Waals surface area contributed by atoms with Crippen LogP contribution in [0.1, 0.15) is 93.9 Å². The van der Waals surface area contributed by atoms with Gasteiger partial charge in [-0.2, -0.15) is 0 Å². The van der Waals surface area contributed by atoms with E-state index < -0.39 is 12.2 Å². The molecule has 0 spiro atoms. The monoisotopic (exact) mass is 456 g/mol. The fourth-order valence-corrected chi connectivity index (χ4v) is 7.91. The second-order valence-corrected chi connectivity index (χ2v) is 12.6. The van der Waals surface area contributed by atoms with Crippen LogP contribution in [0.4, 0.5) is 0 Å². The van der Waals surface area contributed by atoms with Gasteiger partial charge in [-0.15, -0.1) is 0 Å². The van der Waals surface area contributed by atoms with Crippen molar-refractivity contribution in [3.8, 4) is 0 Å². The van der Waals surface area contributed by atoms with Gasteiger partial charge in [0.05, 0.1) is 18.3 Å². The highest BCUT2D eigenvalue weighted by molar-refractivity contribution is 5.39. The van der Waals surface area contributed by atoms with Crippen LogP contribution in [0.5, 0.6) is 0 Å². The van der Waals surface area contributed by atoms with Gasteiger partial charge in [-0.05, 0) is 111 Å². The molecule has 3 heteroatoms. The average Bonchev–Trinajstić information content (AvgIpc) is 3.00. The highest BCUT2D eigenvalue weighted by atomic mass is 16.3. The van der Waals surface area contributed by atoms with E-state index in [2.05, 4.69) is 46.8 Å². The summed E-state index contributed by atoms with van der Waals surface area (Å²) in [5.74, 6) is 0.925. The van der Waals surface area contributed by atoms with E-state index >= 15 is 0 Å². The SMILES string of the molecule is CC(C)=CC[C@H](O)/C(C)=C/C=C/C(C)=C1\[C@@H](O)C[C@H]2[C@@]3(C)CC[C@H](O)C(C)(C)[C@@H]3CC[C@]12C. The minimum absolute atomic E-state index is 0.000811. The minimum atomic E-state index is -0.461.